The average Bonchev–Trinajstić information content (AvgIpc) is 3.07. The van der Waals surface area contributed by atoms with Crippen molar-refractivity contribution in [1.82, 2.24) is 5.32 Å². The topological polar surface area (TPSA) is 66.5 Å². The van der Waals surface area contributed by atoms with Crippen LogP contribution in [0.2, 0.25) is 0 Å². The van der Waals surface area contributed by atoms with Crippen molar-refractivity contribution in [2.45, 2.75) is 32.2 Å². The van der Waals surface area contributed by atoms with Crippen LogP contribution in [0.4, 0.5) is 5.69 Å². The molecule has 0 heterocycles. The Bertz CT molecular complexity index is 942. The first-order valence-corrected chi connectivity index (χ1v) is 11.5. The van der Waals surface area contributed by atoms with Crippen molar-refractivity contribution in [3.05, 3.63) is 63.6 Å². The minimum Gasteiger partial charge on any atom is -0.348 e. The van der Waals surface area contributed by atoms with Gasteiger partial charge in [0.15, 0.2) is 0 Å². The van der Waals surface area contributed by atoms with Crippen molar-refractivity contribution < 1.29 is 13.2 Å². The van der Waals surface area contributed by atoms with E-state index in [0.717, 1.165) is 33.4 Å². The van der Waals surface area contributed by atoms with Crippen LogP contribution in [0.5, 0.6) is 0 Å². The molecule has 1 atom stereocenters. The number of nitrogens with zero attached hydrogens (tertiary/aromatic N) is 1. The molecule has 0 fully saturated rings. The quantitative estimate of drug-likeness (QED) is 0.730. The van der Waals surface area contributed by atoms with E-state index in [4.69, 9.17) is 0 Å². The van der Waals surface area contributed by atoms with E-state index in [1.807, 2.05) is 13.0 Å². The summed E-state index contributed by atoms with van der Waals surface area (Å²) in [6, 6.07) is 13.0. The lowest BCUT2D eigenvalue weighted by Crippen LogP contribution is -2.41. The number of amides is 1. The molecule has 0 saturated carbocycles. The standard InChI is InChI=1S/C20H23BrN2O3S/c1-14(16-7-6-15-4-3-5-17(15)12-16)22-20(24)13-23(27(2,25)26)19-10-8-18(21)9-11-19/h6-12,14H,3-5,13H2,1-2H3,(H,22,24)/t14-/m1/s1. The third-order valence-corrected chi connectivity index (χ3v) is 6.47. The molecule has 2 aromatic carbocycles. The number of fused-ring (bicyclic) bond motifs is 1. The maximum atomic E-state index is 12.5. The molecule has 1 aliphatic carbocycles. The molecular formula is C20H23BrN2O3S. The van der Waals surface area contributed by atoms with Gasteiger partial charge in [0.1, 0.15) is 6.54 Å². The third-order valence-electron chi connectivity index (χ3n) is 4.80. The lowest BCUT2D eigenvalue weighted by Gasteiger charge is -2.23. The van der Waals surface area contributed by atoms with Crippen LogP contribution < -0.4 is 9.62 Å². The molecular weight excluding hydrogens is 428 g/mol. The summed E-state index contributed by atoms with van der Waals surface area (Å²) in [4.78, 5) is 12.5. The lowest BCUT2D eigenvalue weighted by atomic mass is 10.0. The molecule has 0 aliphatic heterocycles. The molecule has 2 aromatic rings. The average molecular weight is 451 g/mol. The van der Waals surface area contributed by atoms with Gasteiger partial charge in [-0.2, -0.15) is 0 Å². The summed E-state index contributed by atoms with van der Waals surface area (Å²) >= 11 is 3.33. The largest absolute Gasteiger partial charge is 0.348 e. The SMILES string of the molecule is C[C@@H](NC(=O)CN(c1ccc(Br)cc1)S(C)(=O)=O)c1ccc2c(c1)CCC2. The van der Waals surface area contributed by atoms with E-state index in [-0.39, 0.29) is 18.5 Å². The Hall–Kier alpha value is -1.86. The van der Waals surface area contributed by atoms with Crippen LogP contribution in [0, 0.1) is 0 Å². The number of hydrogen-bond donors (Lipinski definition) is 1. The Morgan fingerprint density at radius 1 is 1.15 bits per heavy atom. The van der Waals surface area contributed by atoms with E-state index in [2.05, 4.69) is 33.4 Å². The van der Waals surface area contributed by atoms with Crippen LogP contribution in [0.25, 0.3) is 0 Å². The van der Waals surface area contributed by atoms with Crippen molar-refractivity contribution in [3.63, 3.8) is 0 Å². The third kappa shape index (κ3) is 4.90. The summed E-state index contributed by atoms with van der Waals surface area (Å²) < 4.78 is 26.3. The number of benzene rings is 2. The maximum Gasteiger partial charge on any atom is 0.241 e. The van der Waals surface area contributed by atoms with E-state index < -0.39 is 10.0 Å². The summed E-state index contributed by atoms with van der Waals surface area (Å²) in [6.07, 6.45) is 4.48. The molecule has 0 bridgehead atoms. The highest BCUT2D eigenvalue weighted by molar-refractivity contribution is 9.10. The number of rotatable bonds is 6. The molecule has 1 N–H and O–H groups in total. The fourth-order valence-electron chi connectivity index (χ4n) is 3.37. The molecule has 1 aliphatic rings. The second kappa shape index (κ2) is 8.02. The number of anilines is 1. The molecule has 0 aromatic heterocycles. The van der Waals surface area contributed by atoms with E-state index in [1.54, 1.807) is 24.3 Å². The van der Waals surface area contributed by atoms with Gasteiger partial charge in [-0.15, -0.1) is 0 Å². The molecule has 1 amide bonds. The Morgan fingerprint density at radius 2 is 1.81 bits per heavy atom. The predicted molar refractivity (Wildman–Crippen MR) is 111 cm³/mol. The molecule has 0 radical (unpaired) electrons. The van der Waals surface area contributed by atoms with Gasteiger partial charge in [-0.1, -0.05) is 34.1 Å². The summed E-state index contributed by atoms with van der Waals surface area (Å²) in [7, 11) is -3.58. The fourth-order valence-corrected chi connectivity index (χ4v) is 4.49. The molecule has 27 heavy (non-hydrogen) atoms. The highest BCUT2D eigenvalue weighted by Gasteiger charge is 2.22. The van der Waals surface area contributed by atoms with Crippen molar-refractivity contribution >= 4 is 37.5 Å². The Labute approximate surface area is 169 Å². The van der Waals surface area contributed by atoms with Crippen LogP contribution in [-0.2, 0) is 27.7 Å². The van der Waals surface area contributed by atoms with E-state index in [1.165, 1.54) is 17.5 Å². The Morgan fingerprint density at radius 3 is 2.48 bits per heavy atom. The van der Waals surface area contributed by atoms with Crippen molar-refractivity contribution in [3.8, 4) is 0 Å². The van der Waals surface area contributed by atoms with Crippen molar-refractivity contribution in [2.75, 3.05) is 17.1 Å². The normalized spacial score (nSPS) is 14.5. The second-order valence-electron chi connectivity index (χ2n) is 6.92. The van der Waals surface area contributed by atoms with Gasteiger partial charge in [0.05, 0.1) is 18.0 Å². The summed E-state index contributed by atoms with van der Waals surface area (Å²) in [6.45, 7) is 1.66. The van der Waals surface area contributed by atoms with Gasteiger partial charge in [-0.05, 0) is 67.1 Å². The van der Waals surface area contributed by atoms with E-state index in [9.17, 15) is 13.2 Å². The first kappa shape index (κ1) is 19.9. The zero-order valence-corrected chi connectivity index (χ0v) is 17.8. The Kier molecular flexibility index (Phi) is 5.91. The molecule has 5 nitrogen and oxygen atoms in total. The van der Waals surface area contributed by atoms with Gasteiger partial charge in [-0.25, -0.2) is 8.42 Å². The second-order valence-corrected chi connectivity index (χ2v) is 9.74. The smallest absolute Gasteiger partial charge is 0.241 e. The number of hydrogen-bond acceptors (Lipinski definition) is 3. The first-order valence-electron chi connectivity index (χ1n) is 8.88. The van der Waals surface area contributed by atoms with Gasteiger partial charge >= 0.3 is 0 Å². The number of nitrogens with one attached hydrogen (secondary N) is 1. The van der Waals surface area contributed by atoms with Crippen LogP contribution in [-0.4, -0.2) is 27.1 Å². The Balaban J connectivity index is 1.71. The molecule has 0 spiro atoms. The van der Waals surface area contributed by atoms with Crippen molar-refractivity contribution in [1.29, 1.82) is 0 Å². The van der Waals surface area contributed by atoms with Crippen LogP contribution in [0.15, 0.2) is 46.9 Å². The number of sulfonamides is 1. The van der Waals surface area contributed by atoms with Gasteiger partial charge < -0.3 is 5.32 Å². The molecule has 0 saturated heterocycles. The molecule has 7 heteroatoms. The summed E-state index contributed by atoms with van der Waals surface area (Å²) in [5.41, 5.74) is 4.23. The number of carbonyl (C=O) groups excluding carboxylic acids is 1. The van der Waals surface area contributed by atoms with Crippen LogP contribution >= 0.6 is 15.9 Å². The fraction of sp³-hybridized carbons (Fsp3) is 0.350. The van der Waals surface area contributed by atoms with Crippen LogP contribution in [0.1, 0.15) is 36.1 Å². The number of aryl methyl sites for hydroxylation is 2. The molecule has 3 rings (SSSR count). The van der Waals surface area contributed by atoms with E-state index >= 15 is 0 Å². The predicted octanol–water partition coefficient (Wildman–Crippen LogP) is 3.58. The summed E-state index contributed by atoms with van der Waals surface area (Å²) in [5, 5.41) is 2.92. The number of carbonyl (C=O) groups is 1. The highest BCUT2D eigenvalue weighted by atomic mass is 79.9. The monoisotopic (exact) mass is 450 g/mol. The molecule has 0 unspecified atom stereocenters. The van der Waals surface area contributed by atoms with Gasteiger partial charge in [0.25, 0.3) is 0 Å². The minimum absolute atomic E-state index is 0.185. The minimum atomic E-state index is -3.58. The van der Waals surface area contributed by atoms with Gasteiger partial charge in [0, 0.05) is 4.47 Å². The molecule has 144 valence electrons. The lowest BCUT2D eigenvalue weighted by molar-refractivity contribution is -0.120. The maximum absolute atomic E-state index is 12.5. The zero-order valence-electron chi connectivity index (χ0n) is 15.4. The number of halogens is 1. The van der Waals surface area contributed by atoms with E-state index in [0.29, 0.717) is 5.69 Å². The van der Waals surface area contributed by atoms with Crippen LogP contribution in [0.3, 0.4) is 0 Å². The van der Waals surface area contributed by atoms with Gasteiger partial charge in [-0.3, -0.25) is 9.10 Å². The van der Waals surface area contributed by atoms with Crippen molar-refractivity contribution in [2.24, 2.45) is 0 Å². The van der Waals surface area contributed by atoms with Gasteiger partial charge in [0.2, 0.25) is 15.9 Å². The highest BCUT2D eigenvalue weighted by Crippen LogP contribution is 2.25. The summed E-state index contributed by atoms with van der Waals surface area (Å²) in [5.74, 6) is -0.337. The zero-order chi connectivity index (χ0) is 19.6. The first-order chi connectivity index (χ1) is 12.7.